The molecule has 0 aliphatic heterocycles. The van der Waals surface area contributed by atoms with Gasteiger partial charge in [-0.05, 0) is 31.9 Å². The lowest BCUT2D eigenvalue weighted by atomic mass is 9.89. The van der Waals surface area contributed by atoms with E-state index in [2.05, 4.69) is 10.5 Å². The third kappa shape index (κ3) is 3.50. The number of phenolic OH excluding ortho intramolecular Hbond substituents is 2. The highest BCUT2D eigenvalue weighted by Gasteiger charge is 2.20. The molecule has 0 unspecified atom stereocenters. The van der Waals surface area contributed by atoms with Crippen molar-refractivity contribution >= 4 is 11.6 Å². The molecule has 0 bridgehead atoms. The minimum absolute atomic E-state index is 0.00899. The van der Waals surface area contributed by atoms with E-state index >= 15 is 0 Å². The summed E-state index contributed by atoms with van der Waals surface area (Å²) >= 11 is 0. The third-order valence-corrected chi connectivity index (χ3v) is 3.68. The maximum atomic E-state index is 12.0. The third-order valence-electron chi connectivity index (χ3n) is 3.68. The normalized spacial score (nSPS) is 16.9. The van der Waals surface area contributed by atoms with Gasteiger partial charge in [0.05, 0.1) is 5.71 Å². The number of benzene rings is 1. The number of amides is 1. The molecule has 5 heteroatoms. The quantitative estimate of drug-likeness (QED) is 0.586. The zero-order chi connectivity index (χ0) is 14.5. The molecule has 5 nitrogen and oxygen atoms in total. The van der Waals surface area contributed by atoms with E-state index < -0.39 is 0 Å². The summed E-state index contributed by atoms with van der Waals surface area (Å²) in [5.74, 6) is -0.0699. The van der Waals surface area contributed by atoms with E-state index in [1.54, 1.807) is 13.0 Å². The van der Waals surface area contributed by atoms with Crippen molar-refractivity contribution in [1.29, 1.82) is 0 Å². The lowest BCUT2D eigenvalue weighted by molar-refractivity contribution is -0.125. The average Bonchev–Trinajstić information content (AvgIpc) is 2.45. The summed E-state index contributed by atoms with van der Waals surface area (Å²) in [5, 5.41) is 23.0. The largest absolute Gasteiger partial charge is 0.508 e. The van der Waals surface area contributed by atoms with Gasteiger partial charge < -0.3 is 10.2 Å². The highest BCUT2D eigenvalue weighted by atomic mass is 16.3. The van der Waals surface area contributed by atoms with Gasteiger partial charge in [0.2, 0.25) is 5.91 Å². The van der Waals surface area contributed by atoms with E-state index in [9.17, 15) is 15.0 Å². The molecule has 0 saturated heterocycles. The van der Waals surface area contributed by atoms with Crippen molar-refractivity contribution < 1.29 is 15.0 Å². The number of nitrogens with one attached hydrogen (secondary N) is 1. The fourth-order valence-corrected chi connectivity index (χ4v) is 2.48. The van der Waals surface area contributed by atoms with Crippen LogP contribution < -0.4 is 5.43 Å². The molecular weight excluding hydrogens is 256 g/mol. The molecule has 3 N–H and O–H groups in total. The van der Waals surface area contributed by atoms with Gasteiger partial charge in [0.15, 0.2) is 0 Å². The van der Waals surface area contributed by atoms with Crippen LogP contribution in [-0.2, 0) is 4.79 Å². The Morgan fingerprint density at radius 3 is 2.60 bits per heavy atom. The molecule has 0 aromatic heterocycles. The maximum Gasteiger partial charge on any atom is 0.243 e. The number of hydrogen-bond donors (Lipinski definition) is 3. The summed E-state index contributed by atoms with van der Waals surface area (Å²) in [4.78, 5) is 12.0. The molecule has 1 amide bonds. The van der Waals surface area contributed by atoms with Gasteiger partial charge in [0, 0.05) is 17.5 Å². The van der Waals surface area contributed by atoms with Crippen LogP contribution in [0.5, 0.6) is 11.5 Å². The Hall–Kier alpha value is -2.04. The predicted octanol–water partition coefficient (Wildman–Crippen LogP) is 2.52. The summed E-state index contributed by atoms with van der Waals surface area (Å²) in [6.45, 7) is 1.70. The molecule has 1 aromatic rings. The van der Waals surface area contributed by atoms with Gasteiger partial charge in [-0.15, -0.1) is 0 Å². The van der Waals surface area contributed by atoms with Gasteiger partial charge in [0.25, 0.3) is 0 Å². The molecule has 0 radical (unpaired) electrons. The maximum absolute atomic E-state index is 12.0. The molecule has 108 valence electrons. The molecule has 2 rings (SSSR count). The first kappa shape index (κ1) is 14.4. The summed E-state index contributed by atoms with van der Waals surface area (Å²) in [7, 11) is 0. The SMILES string of the molecule is CC(=NNC(=O)C1CCCCC1)c1ccc(O)cc1O. The Balaban J connectivity index is 2.01. The first-order chi connectivity index (χ1) is 9.58. The van der Waals surface area contributed by atoms with Gasteiger partial charge in [-0.3, -0.25) is 4.79 Å². The first-order valence-electron chi connectivity index (χ1n) is 6.94. The van der Waals surface area contributed by atoms with Gasteiger partial charge in [-0.2, -0.15) is 5.10 Å². The second-order valence-electron chi connectivity index (χ2n) is 5.21. The number of rotatable bonds is 3. The molecule has 1 saturated carbocycles. The van der Waals surface area contributed by atoms with Gasteiger partial charge in [-0.25, -0.2) is 5.43 Å². The molecule has 1 aromatic carbocycles. The van der Waals surface area contributed by atoms with E-state index in [0.717, 1.165) is 25.7 Å². The van der Waals surface area contributed by atoms with Crippen molar-refractivity contribution in [3.05, 3.63) is 23.8 Å². The predicted molar refractivity (Wildman–Crippen MR) is 76.7 cm³/mol. The second kappa shape index (κ2) is 6.41. The second-order valence-corrected chi connectivity index (χ2v) is 5.21. The first-order valence-corrected chi connectivity index (χ1v) is 6.94. The van der Waals surface area contributed by atoms with Gasteiger partial charge in [-0.1, -0.05) is 19.3 Å². The minimum atomic E-state index is -0.0573. The number of hydrogen-bond acceptors (Lipinski definition) is 4. The zero-order valence-electron chi connectivity index (χ0n) is 11.6. The van der Waals surface area contributed by atoms with Gasteiger partial charge >= 0.3 is 0 Å². The van der Waals surface area contributed by atoms with Crippen LogP contribution in [0.4, 0.5) is 0 Å². The summed E-state index contributed by atoms with van der Waals surface area (Å²) in [5.41, 5.74) is 3.57. The van der Waals surface area contributed by atoms with Crippen LogP contribution in [0.1, 0.15) is 44.6 Å². The molecule has 1 aliphatic carbocycles. The number of aromatic hydroxyl groups is 2. The van der Waals surface area contributed by atoms with Crippen LogP contribution in [0, 0.1) is 5.92 Å². The standard InChI is InChI=1S/C15H20N2O3/c1-10(13-8-7-12(18)9-14(13)19)16-17-15(20)11-5-3-2-4-6-11/h7-9,11,18-19H,2-6H2,1H3,(H,17,20). The lowest BCUT2D eigenvalue weighted by Gasteiger charge is -2.19. The van der Waals surface area contributed by atoms with E-state index in [4.69, 9.17) is 0 Å². The Morgan fingerprint density at radius 2 is 1.95 bits per heavy atom. The van der Waals surface area contributed by atoms with Crippen LogP contribution in [0.3, 0.4) is 0 Å². The number of hydrazone groups is 1. The molecular formula is C15H20N2O3. The van der Waals surface area contributed by atoms with Crippen LogP contribution in [0.2, 0.25) is 0 Å². The van der Waals surface area contributed by atoms with Crippen molar-refractivity contribution in [3.63, 3.8) is 0 Å². The van der Waals surface area contributed by atoms with Gasteiger partial charge in [0.1, 0.15) is 11.5 Å². The highest BCUT2D eigenvalue weighted by Crippen LogP contribution is 2.24. The number of phenols is 2. The highest BCUT2D eigenvalue weighted by molar-refractivity contribution is 6.01. The molecule has 0 spiro atoms. The van der Waals surface area contributed by atoms with E-state index in [1.165, 1.54) is 18.6 Å². The number of carbonyl (C=O) groups is 1. The average molecular weight is 276 g/mol. The number of nitrogens with zero attached hydrogens (tertiary/aromatic N) is 1. The lowest BCUT2D eigenvalue weighted by Crippen LogP contribution is -2.29. The Labute approximate surface area is 118 Å². The van der Waals surface area contributed by atoms with E-state index in [-0.39, 0.29) is 23.3 Å². The smallest absolute Gasteiger partial charge is 0.243 e. The Bertz CT molecular complexity index is 520. The van der Waals surface area contributed by atoms with Crippen molar-refractivity contribution in [2.75, 3.05) is 0 Å². The topological polar surface area (TPSA) is 81.9 Å². The van der Waals surface area contributed by atoms with E-state index in [1.807, 2.05) is 0 Å². The van der Waals surface area contributed by atoms with Crippen LogP contribution in [0.15, 0.2) is 23.3 Å². The van der Waals surface area contributed by atoms with Crippen LogP contribution in [0.25, 0.3) is 0 Å². The van der Waals surface area contributed by atoms with Crippen LogP contribution >= 0.6 is 0 Å². The van der Waals surface area contributed by atoms with Crippen molar-refractivity contribution in [3.8, 4) is 11.5 Å². The molecule has 0 atom stereocenters. The minimum Gasteiger partial charge on any atom is -0.508 e. The van der Waals surface area contributed by atoms with Crippen molar-refractivity contribution in [2.24, 2.45) is 11.0 Å². The monoisotopic (exact) mass is 276 g/mol. The fourth-order valence-electron chi connectivity index (χ4n) is 2.48. The Morgan fingerprint density at radius 1 is 1.25 bits per heavy atom. The molecule has 20 heavy (non-hydrogen) atoms. The zero-order valence-corrected chi connectivity index (χ0v) is 11.6. The fraction of sp³-hybridized carbons (Fsp3) is 0.467. The summed E-state index contributed by atoms with van der Waals surface area (Å²) < 4.78 is 0. The summed E-state index contributed by atoms with van der Waals surface area (Å²) in [6.07, 6.45) is 5.24. The molecule has 1 fully saturated rings. The molecule has 1 aliphatic rings. The molecule has 0 heterocycles. The van der Waals surface area contributed by atoms with Crippen molar-refractivity contribution in [1.82, 2.24) is 5.43 Å². The Kier molecular flexibility index (Phi) is 4.61. The number of carbonyl (C=O) groups excluding carboxylic acids is 1. The summed E-state index contributed by atoms with van der Waals surface area (Å²) in [6, 6.07) is 4.28. The van der Waals surface area contributed by atoms with Crippen molar-refractivity contribution in [2.45, 2.75) is 39.0 Å². The van der Waals surface area contributed by atoms with Crippen LogP contribution in [-0.4, -0.2) is 21.8 Å². The van der Waals surface area contributed by atoms with E-state index in [0.29, 0.717) is 11.3 Å².